The summed E-state index contributed by atoms with van der Waals surface area (Å²) >= 11 is 3.36. The van der Waals surface area contributed by atoms with Gasteiger partial charge in [0.05, 0.1) is 123 Å². The summed E-state index contributed by atoms with van der Waals surface area (Å²) in [7, 11) is 0. The second-order valence-corrected chi connectivity index (χ2v) is 31.7. The van der Waals surface area contributed by atoms with Crippen molar-refractivity contribution in [2.75, 3.05) is 92.9 Å². The molecule has 1 unspecified atom stereocenters. The molecule has 1 atom stereocenters. The first-order valence-electron chi connectivity index (χ1n) is 39.6. The highest BCUT2D eigenvalue weighted by molar-refractivity contribution is 9.10. The number of hydrogen-bond acceptors (Lipinski definition) is 18. The van der Waals surface area contributed by atoms with Gasteiger partial charge in [-0.05, 0) is 218 Å². The van der Waals surface area contributed by atoms with Crippen LogP contribution in [0.1, 0.15) is 66.8 Å². The molecule has 11 aromatic carbocycles. The minimum Gasteiger partial charge on any atom is -0.376 e. The van der Waals surface area contributed by atoms with E-state index in [0.29, 0.717) is 92.4 Å². The number of urea groups is 4. The molecule has 624 valence electrons. The van der Waals surface area contributed by atoms with Crippen molar-refractivity contribution in [3.63, 3.8) is 0 Å². The number of isocyanates is 1. The SMILES string of the molecule is Cc1ccc(N2C(=O)N(c3ccc(C#N)cc3)C3(COC3)C2(O)c2cccc(C)c2)cc1.Cc1ccc(N2C(=O)N(c3ccc(C#N)cc3)C3(COC3)C2=O)cc1.Cc1ccc(N=C=O)cc1.Cc1ccc(NC(=O)N=C2N(c3ccc(C)cc3)C(=O)N(c3ccc(C#N)cc3)C23COC3)cc1.Cc1cccc(Br)c1.N#Cc1ccc(NC2(C#N)COC2)cc1. The van der Waals surface area contributed by atoms with Gasteiger partial charge in [0.2, 0.25) is 11.8 Å². The average molecular weight is 1730 g/mol. The topological polar surface area (TPSA) is 347 Å². The van der Waals surface area contributed by atoms with Crippen molar-refractivity contribution in [2.45, 2.75) is 76.3 Å². The molecule has 0 aliphatic carbocycles. The van der Waals surface area contributed by atoms with Crippen LogP contribution in [0.2, 0.25) is 0 Å². The Labute approximate surface area is 731 Å². The number of nitrogens with zero attached hydrogens (tertiary/aromatic N) is 13. The first kappa shape index (κ1) is 87.8. The van der Waals surface area contributed by atoms with Crippen molar-refractivity contribution in [2.24, 2.45) is 9.98 Å². The molecule has 7 aliphatic heterocycles. The van der Waals surface area contributed by atoms with Crippen LogP contribution in [0.3, 0.4) is 0 Å². The van der Waals surface area contributed by atoms with E-state index >= 15 is 0 Å². The molecule has 0 bridgehead atoms. The van der Waals surface area contributed by atoms with E-state index in [9.17, 15) is 44.4 Å². The molecule has 11 aromatic rings. The number of ether oxygens (including phenoxy) is 4. The summed E-state index contributed by atoms with van der Waals surface area (Å²) in [6, 6.07) is 88.9. The first-order valence-corrected chi connectivity index (χ1v) is 40.4. The summed E-state index contributed by atoms with van der Waals surface area (Å²) in [5, 5.41) is 63.2. The number of rotatable bonds is 11. The van der Waals surface area contributed by atoms with E-state index in [1.807, 2.05) is 175 Å². The molecule has 26 nitrogen and oxygen atoms in total. The lowest BCUT2D eigenvalue weighted by Crippen LogP contribution is -2.70. The fraction of sp³-hybridized carbons (Fsp3) is 0.204. The number of nitrogens with one attached hydrogen (secondary N) is 2. The van der Waals surface area contributed by atoms with Crippen LogP contribution in [0.4, 0.5) is 70.4 Å². The first-order chi connectivity index (χ1) is 60.3. The maximum Gasteiger partial charge on any atom is 0.347 e. The quantitative estimate of drug-likeness (QED) is 0.0615. The van der Waals surface area contributed by atoms with Crippen molar-refractivity contribution < 1.29 is 52.8 Å². The minimum absolute atomic E-state index is 0.167. The Balaban J connectivity index is 0.000000137. The van der Waals surface area contributed by atoms with E-state index in [0.717, 1.165) is 43.5 Å². The standard InChI is InChI=1S/C27H23N5O3.C26H23N3O3.C19H15N3O3.C11H9N3O.C8H7NO.C7H7Br/c1-18-3-9-21(10-4-18)29-25(33)30-24-27(16-35-17-27)32(23-13-7-20(15-28)8-14-23)26(34)31(24)22-11-5-19(2)6-12-22;1-18-6-10-23(11-7-18)29-24(30)28(22-12-8-20(15-27)9-13-22)25(16-32-17-25)26(29,31)21-5-3-4-19(2)14-21;1-13-2-6-15(7-3-13)21-17(23)19(11-25-12-19)22(18(21)24)16-8-4-14(10-20)5-9-16;12-5-9-1-3-10(4-2-9)14-11(6-13)7-15-8-11;1-7-2-4-8(5-3-7)9-6-10;1-6-3-2-4-7(8)5-6/h3-14H,16-17H2,1-2H3,(H,29,33);3-14,31H,16-17H2,1-2H3;2-9H,11-12H2,1H3;1-4,14H,7-8H2;2-5H,1H3;2-5H,1H3. The summed E-state index contributed by atoms with van der Waals surface area (Å²) in [4.78, 5) is 93.5. The van der Waals surface area contributed by atoms with Crippen LogP contribution in [0.15, 0.2) is 281 Å². The third kappa shape index (κ3) is 18.3. The number of aryl methyl sites for hydroxylation is 7. The summed E-state index contributed by atoms with van der Waals surface area (Å²) in [6.45, 7) is 15.8. The molecule has 0 saturated carbocycles. The van der Waals surface area contributed by atoms with Crippen LogP contribution in [0.5, 0.6) is 0 Å². The Bertz CT molecular complexity index is 6130. The monoisotopic (exact) mass is 1730 g/mol. The third-order valence-electron chi connectivity index (χ3n) is 21.7. The van der Waals surface area contributed by atoms with Crippen molar-refractivity contribution in [1.82, 2.24) is 0 Å². The van der Waals surface area contributed by atoms with Gasteiger partial charge >= 0.3 is 24.1 Å². The van der Waals surface area contributed by atoms with Gasteiger partial charge in [-0.25, -0.2) is 33.8 Å². The van der Waals surface area contributed by atoms with Gasteiger partial charge < -0.3 is 34.7 Å². The maximum absolute atomic E-state index is 14.0. The number of carbonyl (C=O) groups excluding carboxylic acids is 6. The summed E-state index contributed by atoms with van der Waals surface area (Å²) in [5.41, 5.74) is 10.8. The number of aliphatic imine (C=N–C) groups is 2. The maximum atomic E-state index is 14.0. The van der Waals surface area contributed by atoms with Crippen molar-refractivity contribution in [3.8, 4) is 30.3 Å². The number of amides is 9. The lowest BCUT2D eigenvalue weighted by Gasteiger charge is -2.51. The van der Waals surface area contributed by atoms with Gasteiger partial charge in [0.15, 0.2) is 22.5 Å². The number of anilines is 8. The van der Waals surface area contributed by atoms with Gasteiger partial charge in [-0.1, -0.05) is 152 Å². The fourth-order valence-electron chi connectivity index (χ4n) is 14.8. The third-order valence-corrected chi connectivity index (χ3v) is 22.2. The number of nitriles is 5. The van der Waals surface area contributed by atoms with E-state index in [1.54, 1.807) is 143 Å². The predicted molar refractivity (Wildman–Crippen MR) is 478 cm³/mol. The number of imide groups is 1. The number of aliphatic hydroxyl groups is 1. The Hall–Kier alpha value is -15.1. The van der Waals surface area contributed by atoms with Crippen molar-refractivity contribution in [1.29, 1.82) is 26.3 Å². The molecule has 3 N–H and O–H groups in total. The van der Waals surface area contributed by atoms with E-state index in [-0.39, 0.29) is 57.6 Å². The predicted octanol–water partition coefficient (Wildman–Crippen LogP) is 17.8. The van der Waals surface area contributed by atoms with Crippen LogP contribution in [-0.4, -0.2) is 122 Å². The average Bonchev–Trinajstić information content (AvgIpc) is 1.51. The van der Waals surface area contributed by atoms with E-state index < -0.39 is 39.9 Å². The van der Waals surface area contributed by atoms with Crippen LogP contribution in [0.25, 0.3) is 0 Å². The van der Waals surface area contributed by atoms with Crippen molar-refractivity contribution >= 4 is 109 Å². The zero-order valence-electron chi connectivity index (χ0n) is 69.3. The number of amidine groups is 1. The van der Waals surface area contributed by atoms with Crippen LogP contribution in [-0.2, 0) is 34.3 Å². The normalized spacial score (nSPS) is 17.4. The highest BCUT2D eigenvalue weighted by atomic mass is 79.9. The van der Waals surface area contributed by atoms with Gasteiger partial charge in [0.25, 0.3) is 5.91 Å². The Kier molecular flexibility index (Phi) is 26.6. The summed E-state index contributed by atoms with van der Waals surface area (Å²) < 4.78 is 22.6. The molecule has 0 radical (unpaired) electrons. The largest absolute Gasteiger partial charge is 0.376 e. The van der Waals surface area contributed by atoms with Crippen LogP contribution in [0, 0.1) is 105 Å². The summed E-state index contributed by atoms with van der Waals surface area (Å²) in [5.74, 6) is 0.0172. The van der Waals surface area contributed by atoms with Crippen molar-refractivity contribution in [3.05, 3.63) is 338 Å². The van der Waals surface area contributed by atoms with Gasteiger partial charge in [0.1, 0.15) is 5.54 Å². The molecular formula is C98H84BrN15O11. The molecule has 9 amide bonds. The van der Waals surface area contributed by atoms with Gasteiger partial charge in [-0.3, -0.25) is 24.4 Å². The highest BCUT2D eigenvalue weighted by Gasteiger charge is 2.72. The van der Waals surface area contributed by atoms with Gasteiger partial charge in [0, 0.05) is 44.2 Å². The molecule has 125 heavy (non-hydrogen) atoms. The Morgan fingerprint density at radius 1 is 0.408 bits per heavy atom. The van der Waals surface area contributed by atoms with Gasteiger partial charge in [-0.15, -0.1) is 0 Å². The smallest absolute Gasteiger partial charge is 0.347 e. The number of benzene rings is 11. The fourth-order valence-corrected chi connectivity index (χ4v) is 15.3. The van der Waals surface area contributed by atoms with Crippen LogP contribution >= 0.6 is 15.9 Å². The molecule has 7 fully saturated rings. The minimum atomic E-state index is -1.66. The second kappa shape index (κ2) is 37.9. The zero-order chi connectivity index (χ0) is 88.8. The number of hydrogen-bond donors (Lipinski definition) is 3. The van der Waals surface area contributed by atoms with E-state index in [4.69, 9.17) is 34.7 Å². The number of carbonyl (C=O) groups is 5. The summed E-state index contributed by atoms with van der Waals surface area (Å²) in [6.07, 6.45) is 1.48. The number of halogens is 1. The molecule has 18 rings (SSSR count). The molecular weight excluding hydrogens is 1640 g/mol. The Morgan fingerprint density at radius 3 is 1.18 bits per heavy atom. The highest BCUT2D eigenvalue weighted by Crippen LogP contribution is 2.54. The second-order valence-electron chi connectivity index (χ2n) is 30.8. The molecule has 7 aliphatic rings. The van der Waals surface area contributed by atoms with E-state index in [2.05, 4.69) is 73.8 Å². The Morgan fingerprint density at radius 2 is 0.784 bits per heavy atom. The van der Waals surface area contributed by atoms with Gasteiger partial charge in [-0.2, -0.15) is 36.3 Å². The molecule has 7 saturated heterocycles. The molecule has 27 heteroatoms. The molecule has 7 heterocycles. The zero-order valence-corrected chi connectivity index (χ0v) is 70.9. The lowest BCUT2D eigenvalue weighted by molar-refractivity contribution is -0.153. The molecule has 0 aromatic heterocycles. The van der Waals surface area contributed by atoms with E-state index in [1.165, 1.54) is 31.2 Å². The lowest BCUT2D eigenvalue weighted by atomic mass is 9.78. The molecule has 3 spiro atoms. The van der Waals surface area contributed by atoms with Crippen LogP contribution < -0.4 is 40.0 Å².